The van der Waals surface area contributed by atoms with Crippen molar-refractivity contribution in [2.75, 3.05) is 7.11 Å². The van der Waals surface area contributed by atoms with Gasteiger partial charge in [0.1, 0.15) is 12.3 Å². The van der Waals surface area contributed by atoms with E-state index in [4.69, 9.17) is 21.6 Å². The third-order valence-corrected chi connectivity index (χ3v) is 2.57. The number of benzene rings is 1. The molecule has 17 heavy (non-hydrogen) atoms. The standard InChI is InChI=1S/C12H10ClN3O/c1-17-12-3-2-10(13)6-11(12)9-7-15-16(8-9)5-4-14/h2-3,6-8H,5H2,1H3. The molecule has 2 rings (SSSR count). The Morgan fingerprint density at radius 1 is 1.53 bits per heavy atom. The minimum Gasteiger partial charge on any atom is -0.496 e. The Hall–Kier alpha value is -1.99. The van der Waals surface area contributed by atoms with E-state index in [-0.39, 0.29) is 6.54 Å². The Labute approximate surface area is 104 Å². The van der Waals surface area contributed by atoms with Gasteiger partial charge >= 0.3 is 0 Å². The molecule has 86 valence electrons. The number of nitriles is 1. The molecular weight excluding hydrogens is 238 g/mol. The minimum absolute atomic E-state index is 0.225. The number of halogens is 1. The highest BCUT2D eigenvalue weighted by Gasteiger charge is 2.08. The van der Waals surface area contributed by atoms with Gasteiger partial charge in [-0.1, -0.05) is 11.6 Å². The van der Waals surface area contributed by atoms with Crippen LogP contribution < -0.4 is 4.74 Å². The first-order chi connectivity index (χ1) is 8.24. The van der Waals surface area contributed by atoms with Gasteiger partial charge in [-0.3, -0.25) is 4.68 Å². The molecule has 0 bridgehead atoms. The molecule has 4 nitrogen and oxygen atoms in total. The molecule has 1 heterocycles. The smallest absolute Gasteiger partial charge is 0.128 e. The second-order valence-electron chi connectivity index (χ2n) is 3.43. The van der Waals surface area contributed by atoms with Gasteiger partial charge in [0.15, 0.2) is 0 Å². The van der Waals surface area contributed by atoms with E-state index in [0.717, 1.165) is 16.9 Å². The predicted molar refractivity (Wildman–Crippen MR) is 64.8 cm³/mol. The molecule has 0 aliphatic carbocycles. The van der Waals surface area contributed by atoms with Crippen LogP contribution in [0.15, 0.2) is 30.6 Å². The maximum absolute atomic E-state index is 8.59. The summed E-state index contributed by atoms with van der Waals surface area (Å²) in [7, 11) is 1.60. The van der Waals surface area contributed by atoms with Crippen molar-refractivity contribution in [2.45, 2.75) is 6.54 Å². The minimum atomic E-state index is 0.225. The highest BCUT2D eigenvalue weighted by molar-refractivity contribution is 6.31. The quantitative estimate of drug-likeness (QED) is 0.838. The number of aromatic nitrogens is 2. The van der Waals surface area contributed by atoms with Gasteiger partial charge in [-0.2, -0.15) is 10.4 Å². The van der Waals surface area contributed by atoms with E-state index in [9.17, 15) is 0 Å². The number of hydrogen-bond donors (Lipinski definition) is 0. The van der Waals surface area contributed by atoms with E-state index in [1.807, 2.05) is 12.1 Å². The molecule has 0 aliphatic heterocycles. The van der Waals surface area contributed by atoms with Crippen LogP contribution in [0, 0.1) is 11.3 Å². The lowest BCUT2D eigenvalue weighted by Gasteiger charge is -2.06. The molecule has 0 saturated heterocycles. The van der Waals surface area contributed by atoms with Gasteiger partial charge in [-0.15, -0.1) is 0 Å². The molecule has 0 unspecified atom stereocenters. The highest BCUT2D eigenvalue weighted by atomic mass is 35.5. The van der Waals surface area contributed by atoms with Crippen LogP contribution in [0.25, 0.3) is 11.1 Å². The average Bonchev–Trinajstić information content (AvgIpc) is 2.78. The van der Waals surface area contributed by atoms with E-state index in [0.29, 0.717) is 5.02 Å². The summed E-state index contributed by atoms with van der Waals surface area (Å²) < 4.78 is 6.83. The molecule has 0 atom stereocenters. The van der Waals surface area contributed by atoms with Gasteiger partial charge in [0.05, 0.1) is 19.4 Å². The Balaban J connectivity index is 2.44. The normalized spacial score (nSPS) is 9.94. The average molecular weight is 248 g/mol. The third kappa shape index (κ3) is 2.40. The van der Waals surface area contributed by atoms with Gasteiger partial charge in [0.2, 0.25) is 0 Å². The van der Waals surface area contributed by atoms with Crippen LogP contribution in [0.3, 0.4) is 0 Å². The van der Waals surface area contributed by atoms with Gasteiger partial charge in [0.25, 0.3) is 0 Å². The first kappa shape index (κ1) is 11.5. The number of rotatable bonds is 3. The lowest BCUT2D eigenvalue weighted by Crippen LogP contribution is -1.94. The van der Waals surface area contributed by atoms with Gasteiger partial charge < -0.3 is 4.74 Å². The van der Waals surface area contributed by atoms with Gasteiger partial charge in [-0.05, 0) is 18.2 Å². The lowest BCUT2D eigenvalue weighted by molar-refractivity contribution is 0.416. The van der Waals surface area contributed by atoms with Crippen molar-refractivity contribution >= 4 is 11.6 Å². The SMILES string of the molecule is COc1ccc(Cl)cc1-c1cnn(CC#N)c1. The number of nitrogens with zero attached hydrogens (tertiary/aromatic N) is 3. The monoisotopic (exact) mass is 247 g/mol. The summed E-state index contributed by atoms with van der Waals surface area (Å²) in [5.74, 6) is 0.728. The Bertz CT molecular complexity index is 571. The molecular formula is C12H10ClN3O. The Morgan fingerprint density at radius 2 is 2.35 bits per heavy atom. The molecule has 0 N–H and O–H groups in total. The van der Waals surface area contributed by atoms with E-state index in [1.165, 1.54) is 0 Å². The van der Waals surface area contributed by atoms with E-state index < -0.39 is 0 Å². The van der Waals surface area contributed by atoms with Crippen molar-refractivity contribution in [3.63, 3.8) is 0 Å². The highest BCUT2D eigenvalue weighted by Crippen LogP contribution is 2.31. The van der Waals surface area contributed by atoms with Crippen molar-refractivity contribution in [3.05, 3.63) is 35.6 Å². The fraction of sp³-hybridized carbons (Fsp3) is 0.167. The van der Waals surface area contributed by atoms with Crippen LogP contribution in [0.1, 0.15) is 0 Å². The van der Waals surface area contributed by atoms with Crippen molar-refractivity contribution in [2.24, 2.45) is 0 Å². The summed E-state index contributed by atoms with van der Waals surface area (Å²) in [5, 5.41) is 13.3. The second-order valence-corrected chi connectivity index (χ2v) is 3.87. The van der Waals surface area contributed by atoms with Crippen LogP contribution in [0.5, 0.6) is 5.75 Å². The lowest BCUT2D eigenvalue weighted by atomic mass is 10.1. The summed E-state index contributed by atoms with van der Waals surface area (Å²) in [6.07, 6.45) is 3.48. The van der Waals surface area contributed by atoms with Crippen LogP contribution in [0.4, 0.5) is 0 Å². The second kappa shape index (κ2) is 4.89. The molecule has 0 aliphatic rings. The summed E-state index contributed by atoms with van der Waals surface area (Å²) in [5.41, 5.74) is 1.74. The number of methoxy groups -OCH3 is 1. The van der Waals surface area contributed by atoms with Crippen LogP contribution in [0.2, 0.25) is 5.02 Å². The van der Waals surface area contributed by atoms with E-state index in [2.05, 4.69) is 5.10 Å². The largest absolute Gasteiger partial charge is 0.496 e. The van der Waals surface area contributed by atoms with Crippen molar-refractivity contribution < 1.29 is 4.74 Å². The fourth-order valence-electron chi connectivity index (χ4n) is 1.57. The summed E-state index contributed by atoms with van der Waals surface area (Å²) >= 11 is 5.96. The zero-order chi connectivity index (χ0) is 12.3. The predicted octanol–water partition coefficient (Wildman–Crippen LogP) is 2.74. The van der Waals surface area contributed by atoms with E-state index in [1.54, 1.807) is 36.3 Å². The number of hydrogen-bond acceptors (Lipinski definition) is 3. The molecule has 1 aromatic carbocycles. The van der Waals surface area contributed by atoms with Crippen molar-refractivity contribution in [1.29, 1.82) is 5.26 Å². The molecule has 0 radical (unpaired) electrons. The van der Waals surface area contributed by atoms with E-state index >= 15 is 0 Å². The first-order valence-corrected chi connectivity index (χ1v) is 5.35. The molecule has 5 heteroatoms. The fourth-order valence-corrected chi connectivity index (χ4v) is 1.74. The van der Waals surface area contributed by atoms with Gasteiger partial charge in [-0.25, -0.2) is 0 Å². The maximum atomic E-state index is 8.59. The van der Waals surface area contributed by atoms with Crippen LogP contribution >= 0.6 is 11.6 Å². The molecule has 2 aromatic rings. The Morgan fingerprint density at radius 3 is 3.06 bits per heavy atom. The molecule has 0 fully saturated rings. The van der Waals surface area contributed by atoms with Crippen molar-refractivity contribution in [3.8, 4) is 22.9 Å². The summed E-state index contributed by atoms with van der Waals surface area (Å²) in [6.45, 7) is 0.225. The summed E-state index contributed by atoms with van der Waals surface area (Å²) in [4.78, 5) is 0. The third-order valence-electron chi connectivity index (χ3n) is 2.34. The molecule has 0 amide bonds. The Kier molecular flexibility index (Phi) is 3.31. The molecule has 0 spiro atoms. The van der Waals surface area contributed by atoms with Crippen molar-refractivity contribution in [1.82, 2.24) is 9.78 Å². The molecule has 0 saturated carbocycles. The van der Waals surface area contributed by atoms with Crippen LogP contribution in [-0.2, 0) is 6.54 Å². The zero-order valence-corrected chi connectivity index (χ0v) is 9.98. The first-order valence-electron chi connectivity index (χ1n) is 4.98. The van der Waals surface area contributed by atoms with Crippen LogP contribution in [-0.4, -0.2) is 16.9 Å². The summed E-state index contributed by atoms with van der Waals surface area (Å²) in [6, 6.07) is 7.42. The molecule has 1 aromatic heterocycles. The topological polar surface area (TPSA) is 50.8 Å². The van der Waals surface area contributed by atoms with Gasteiger partial charge in [0, 0.05) is 22.3 Å². The number of ether oxygens (including phenoxy) is 1. The zero-order valence-electron chi connectivity index (χ0n) is 9.22. The maximum Gasteiger partial charge on any atom is 0.128 e.